The van der Waals surface area contributed by atoms with Crippen molar-refractivity contribution in [2.75, 3.05) is 7.11 Å². The highest BCUT2D eigenvalue weighted by molar-refractivity contribution is 5.71. The second-order valence-electron chi connectivity index (χ2n) is 4.74. The number of nitrogens with zero attached hydrogens (tertiary/aromatic N) is 2. The summed E-state index contributed by atoms with van der Waals surface area (Å²) in [6, 6.07) is 1.91. The van der Waals surface area contributed by atoms with E-state index in [4.69, 9.17) is 10.00 Å². The van der Waals surface area contributed by atoms with Crippen LogP contribution in [0.3, 0.4) is 0 Å². The molecule has 1 unspecified atom stereocenters. The largest absolute Gasteiger partial charge is 0.452 e. The highest BCUT2D eigenvalue weighted by atomic mass is 16.5. The molecule has 1 aliphatic heterocycles. The first-order valence-electron chi connectivity index (χ1n) is 5.06. The molecule has 0 aromatic heterocycles. The zero-order valence-electron chi connectivity index (χ0n) is 10.0. The van der Waals surface area contributed by atoms with Crippen molar-refractivity contribution in [3.63, 3.8) is 0 Å². The summed E-state index contributed by atoms with van der Waals surface area (Å²) in [4.78, 5) is 13.1. The number of carbonyl (C=O) groups is 1. The Balaban J connectivity index is 3.06. The minimum atomic E-state index is -0.447. The van der Waals surface area contributed by atoms with Crippen molar-refractivity contribution in [1.29, 1.82) is 5.26 Å². The van der Waals surface area contributed by atoms with Crippen molar-refractivity contribution in [2.45, 2.75) is 26.8 Å². The Labute approximate surface area is 95.8 Å². The molecule has 0 radical (unpaired) electrons. The molecule has 16 heavy (non-hydrogen) atoms. The molecule has 0 aromatic rings. The molecule has 1 rings (SSSR count). The molecular formula is C12H16N2O2. The summed E-state index contributed by atoms with van der Waals surface area (Å²) >= 11 is 0. The van der Waals surface area contributed by atoms with E-state index in [9.17, 15) is 4.79 Å². The molecule has 0 aliphatic carbocycles. The Kier molecular flexibility index (Phi) is 3.38. The minimum Gasteiger partial charge on any atom is -0.452 e. The van der Waals surface area contributed by atoms with E-state index in [-0.39, 0.29) is 11.5 Å². The monoisotopic (exact) mass is 220 g/mol. The van der Waals surface area contributed by atoms with Gasteiger partial charge >= 0.3 is 6.09 Å². The number of ether oxygens (including phenoxy) is 1. The molecule has 4 heteroatoms. The van der Waals surface area contributed by atoms with Gasteiger partial charge < -0.3 is 4.74 Å². The molecule has 0 saturated carbocycles. The van der Waals surface area contributed by atoms with Gasteiger partial charge in [-0.25, -0.2) is 4.79 Å². The molecular weight excluding hydrogens is 204 g/mol. The first-order valence-corrected chi connectivity index (χ1v) is 5.06. The fourth-order valence-corrected chi connectivity index (χ4v) is 1.60. The maximum Gasteiger partial charge on any atom is 0.414 e. The second-order valence-corrected chi connectivity index (χ2v) is 4.74. The van der Waals surface area contributed by atoms with E-state index in [0.717, 1.165) is 0 Å². The molecule has 1 heterocycles. The van der Waals surface area contributed by atoms with Gasteiger partial charge in [-0.15, -0.1) is 0 Å². The van der Waals surface area contributed by atoms with Gasteiger partial charge in [0.25, 0.3) is 0 Å². The number of carbonyl (C=O) groups excluding carboxylic acids is 1. The molecule has 0 N–H and O–H groups in total. The average Bonchev–Trinajstić information content (AvgIpc) is 2.25. The van der Waals surface area contributed by atoms with Crippen molar-refractivity contribution in [2.24, 2.45) is 5.41 Å². The van der Waals surface area contributed by atoms with Crippen molar-refractivity contribution in [3.05, 3.63) is 23.9 Å². The fourth-order valence-electron chi connectivity index (χ4n) is 1.60. The standard InChI is InChI=1S/C12H16N2O2/c1-12(2,3)10-6-5-9(7-13)8-14(10)11(15)16-4/h5-6,8,10H,1-4H3. The van der Waals surface area contributed by atoms with Crippen molar-refractivity contribution in [1.82, 2.24) is 4.90 Å². The van der Waals surface area contributed by atoms with Crippen molar-refractivity contribution in [3.8, 4) is 6.07 Å². The van der Waals surface area contributed by atoms with Crippen molar-refractivity contribution >= 4 is 6.09 Å². The second kappa shape index (κ2) is 4.40. The van der Waals surface area contributed by atoms with Crippen LogP contribution in [0, 0.1) is 16.7 Å². The van der Waals surface area contributed by atoms with Crippen LogP contribution in [-0.4, -0.2) is 24.1 Å². The Morgan fingerprint density at radius 3 is 2.62 bits per heavy atom. The van der Waals surface area contributed by atoms with Crippen LogP contribution in [0.15, 0.2) is 23.9 Å². The third kappa shape index (κ3) is 2.43. The molecule has 4 nitrogen and oxygen atoms in total. The summed E-state index contributed by atoms with van der Waals surface area (Å²) in [5, 5.41) is 8.80. The predicted molar refractivity (Wildman–Crippen MR) is 60.3 cm³/mol. The van der Waals surface area contributed by atoms with Gasteiger partial charge in [-0.2, -0.15) is 5.26 Å². The van der Waals surface area contributed by atoms with Gasteiger partial charge in [-0.3, -0.25) is 4.90 Å². The van der Waals surface area contributed by atoms with E-state index < -0.39 is 6.09 Å². The van der Waals surface area contributed by atoms with E-state index in [0.29, 0.717) is 5.57 Å². The number of nitriles is 1. The maximum atomic E-state index is 11.6. The lowest BCUT2D eigenvalue weighted by Gasteiger charge is -2.37. The van der Waals surface area contributed by atoms with Gasteiger partial charge in [-0.1, -0.05) is 26.8 Å². The molecule has 0 spiro atoms. The number of methoxy groups -OCH3 is 1. The zero-order chi connectivity index (χ0) is 12.3. The summed E-state index contributed by atoms with van der Waals surface area (Å²) in [5.41, 5.74) is 0.341. The van der Waals surface area contributed by atoms with Crippen LogP contribution in [0.1, 0.15) is 20.8 Å². The zero-order valence-corrected chi connectivity index (χ0v) is 10.0. The number of hydrogen-bond acceptors (Lipinski definition) is 3. The lowest BCUT2D eigenvalue weighted by molar-refractivity contribution is 0.109. The normalized spacial score (nSPS) is 20.1. The van der Waals surface area contributed by atoms with E-state index in [1.807, 2.05) is 32.9 Å². The summed E-state index contributed by atoms with van der Waals surface area (Å²) in [7, 11) is 1.33. The summed E-state index contributed by atoms with van der Waals surface area (Å²) < 4.78 is 4.71. The van der Waals surface area contributed by atoms with E-state index in [1.165, 1.54) is 18.2 Å². The summed E-state index contributed by atoms with van der Waals surface area (Å²) in [6.45, 7) is 6.09. The van der Waals surface area contributed by atoms with E-state index in [2.05, 4.69) is 0 Å². The highest BCUT2D eigenvalue weighted by Gasteiger charge is 2.33. The van der Waals surface area contributed by atoms with Gasteiger partial charge in [0.1, 0.15) is 6.07 Å². The van der Waals surface area contributed by atoms with Crippen molar-refractivity contribution < 1.29 is 9.53 Å². The Bertz CT molecular complexity index is 383. The van der Waals surface area contributed by atoms with E-state index in [1.54, 1.807) is 6.08 Å². The number of amides is 1. The Morgan fingerprint density at radius 1 is 1.56 bits per heavy atom. The lowest BCUT2D eigenvalue weighted by atomic mass is 9.84. The molecule has 1 atom stereocenters. The quantitative estimate of drug-likeness (QED) is 0.630. The summed E-state index contributed by atoms with van der Waals surface area (Å²) in [5.74, 6) is 0. The molecule has 86 valence electrons. The average molecular weight is 220 g/mol. The first kappa shape index (κ1) is 12.3. The van der Waals surface area contributed by atoms with Crippen LogP contribution in [0.5, 0.6) is 0 Å². The van der Waals surface area contributed by atoms with Gasteiger partial charge in [0.2, 0.25) is 0 Å². The van der Waals surface area contributed by atoms with Crippen LogP contribution in [-0.2, 0) is 4.74 Å². The Hall–Kier alpha value is -1.76. The molecule has 1 amide bonds. The van der Waals surface area contributed by atoms with Gasteiger partial charge in [0.15, 0.2) is 0 Å². The molecule has 0 fully saturated rings. The van der Waals surface area contributed by atoms with Crippen LogP contribution in [0.2, 0.25) is 0 Å². The molecule has 0 saturated heterocycles. The topological polar surface area (TPSA) is 53.3 Å². The third-order valence-electron chi connectivity index (χ3n) is 2.44. The smallest absolute Gasteiger partial charge is 0.414 e. The third-order valence-corrected chi connectivity index (χ3v) is 2.44. The number of allylic oxidation sites excluding steroid dienone is 2. The van der Waals surface area contributed by atoms with Crippen LogP contribution >= 0.6 is 0 Å². The van der Waals surface area contributed by atoms with Crippen LogP contribution in [0.4, 0.5) is 4.79 Å². The lowest BCUT2D eigenvalue weighted by Crippen LogP contribution is -2.44. The number of rotatable bonds is 0. The molecule has 0 aromatic carbocycles. The SMILES string of the molecule is COC(=O)N1C=C(C#N)C=CC1C(C)(C)C. The Morgan fingerprint density at radius 2 is 2.19 bits per heavy atom. The van der Waals surface area contributed by atoms with E-state index >= 15 is 0 Å². The van der Waals surface area contributed by atoms with Gasteiger partial charge in [0.05, 0.1) is 18.7 Å². The summed E-state index contributed by atoms with van der Waals surface area (Å²) in [6.07, 6.45) is 4.67. The maximum absolute atomic E-state index is 11.6. The molecule has 0 bridgehead atoms. The first-order chi connectivity index (χ1) is 7.40. The minimum absolute atomic E-state index is 0.1000. The highest BCUT2D eigenvalue weighted by Crippen LogP contribution is 2.29. The van der Waals surface area contributed by atoms with Crippen LogP contribution < -0.4 is 0 Å². The fraction of sp³-hybridized carbons (Fsp3) is 0.500. The van der Waals surface area contributed by atoms with Gasteiger partial charge in [0, 0.05) is 6.20 Å². The van der Waals surface area contributed by atoms with Gasteiger partial charge in [-0.05, 0) is 11.5 Å². The van der Waals surface area contributed by atoms with Crippen LogP contribution in [0.25, 0.3) is 0 Å². The molecule has 1 aliphatic rings. The predicted octanol–water partition coefficient (Wildman–Crippen LogP) is 2.45. The number of hydrogen-bond donors (Lipinski definition) is 0.